The number of hydrogen-bond donors (Lipinski definition) is 0. The molecule has 0 fully saturated rings. The summed E-state index contributed by atoms with van der Waals surface area (Å²) >= 11 is 0. The van der Waals surface area contributed by atoms with E-state index in [2.05, 4.69) is 308 Å². The van der Waals surface area contributed by atoms with Crippen LogP contribution in [0.2, 0.25) is 0 Å². The van der Waals surface area contributed by atoms with E-state index in [0.29, 0.717) is 0 Å². The topological polar surface area (TPSA) is 16.1 Å². The molecule has 2 heteroatoms. The third kappa shape index (κ3) is 6.19. The van der Waals surface area contributed by atoms with Gasteiger partial charge in [-0.15, -0.1) is 0 Å². The van der Waals surface area contributed by atoms with Gasteiger partial charge in [0.25, 0.3) is 0 Å². The summed E-state index contributed by atoms with van der Waals surface area (Å²) in [5, 5.41) is 4.80. The summed E-state index contributed by atoms with van der Waals surface area (Å²) in [7, 11) is 0. The zero-order valence-electron chi connectivity index (χ0n) is 45.3. The van der Waals surface area contributed by atoms with Crippen molar-refractivity contribution >= 4 is 38.6 Å². The van der Waals surface area contributed by atoms with Crippen LogP contribution in [0, 0.1) is 0 Å². The molecule has 0 bridgehead atoms. The van der Waals surface area contributed by atoms with Crippen LogP contribution < -0.4 is 4.90 Å². The molecule has 0 atom stereocenters. The summed E-state index contributed by atoms with van der Waals surface area (Å²) in [5.74, 6) is 0. The van der Waals surface area contributed by atoms with Gasteiger partial charge in [0.15, 0.2) is 0 Å². The van der Waals surface area contributed by atoms with E-state index in [1.165, 1.54) is 139 Å². The van der Waals surface area contributed by atoms with E-state index in [9.17, 15) is 0 Å². The smallest absolute Gasteiger partial charge is 0.0754 e. The highest BCUT2D eigenvalue weighted by Crippen LogP contribution is 2.65. The molecular formula is C81H50N2. The van der Waals surface area contributed by atoms with E-state index in [1.807, 2.05) is 0 Å². The van der Waals surface area contributed by atoms with Gasteiger partial charge < -0.3 is 4.90 Å². The molecule has 0 saturated heterocycles. The molecule has 0 amide bonds. The molecule has 2 spiro atoms. The standard InChI is InChI=1S/C81H50N2/c1-3-21-51(22-4-1)52-39-44-64-66(47-52)78(54-41-45-71-65(48-54)60-28-12-16-34-70(60)81(71)72-35-17-19-37-76(72)83(56-23-5-2-6-24-56)77-38-20-18-36-73(77)81)62-29-7-8-30-63(62)79(64)55-42-46-75(82-50-55)53-40-43-61-59-27-11-15-33-69(59)80(74(61)49-53)67-31-13-9-25-57(67)58-26-10-14-32-68(58)80/h1-50H. The van der Waals surface area contributed by atoms with Crippen LogP contribution in [0.4, 0.5) is 17.1 Å². The molecule has 0 unspecified atom stereocenters. The first-order chi connectivity index (χ1) is 41.2. The number of benzene rings is 13. The van der Waals surface area contributed by atoms with Crippen molar-refractivity contribution in [3.63, 3.8) is 0 Å². The lowest BCUT2D eigenvalue weighted by atomic mass is 9.64. The molecule has 0 saturated carbocycles. The van der Waals surface area contributed by atoms with E-state index >= 15 is 0 Å². The van der Waals surface area contributed by atoms with Crippen molar-refractivity contribution in [2.75, 3.05) is 4.90 Å². The first kappa shape index (κ1) is 46.1. The number of nitrogens with zero attached hydrogens (tertiary/aromatic N) is 2. The second-order valence-corrected chi connectivity index (χ2v) is 22.8. The molecule has 384 valence electrons. The van der Waals surface area contributed by atoms with Crippen LogP contribution in [0.15, 0.2) is 303 Å². The first-order valence-electron chi connectivity index (χ1n) is 28.9. The fourth-order valence-electron chi connectivity index (χ4n) is 15.7. The zero-order chi connectivity index (χ0) is 54.4. The molecular weight excluding hydrogens is 1000 g/mol. The molecule has 13 aromatic carbocycles. The number of pyridine rings is 1. The van der Waals surface area contributed by atoms with Crippen LogP contribution in [-0.4, -0.2) is 4.98 Å². The average Bonchev–Trinajstić information content (AvgIpc) is 1.95. The van der Waals surface area contributed by atoms with Gasteiger partial charge in [-0.25, -0.2) is 0 Å². The maximum absolute atomic E-state index is 5.42. The Bertz CT molecular complexity index is 4920. The van der Waals surface area contributed by atoms with Crippen molar-refractivity contribution in [1.82, 2.24) is 4.98 Å². The minimum atomic E-state index is -0.546. The molecule has 1 aliphatic heterocycles. The SMILES string of the molecule is c1ccc(-c2ccc3c(-c4ccc(-c5ccc6c(c5)C5(c7ccccc7-c7ccccc75)c5ccccc5-6)nc4)c4ccccc4c(-c4ccc5c(c4)-c4ccccc4C54c5ccccc5N(c5ccccc5)c5ccccc54)c3c2)cc1. The number of hydrogen-bond acceptors (Lipinski definition) is 2. The van der Waals surface area contributed by atoms with E-state index in [0.717, 1.165) is 22.5 Å². The third-order valence-electron chi connectivity index (χ3n) is 18.9. The Labute approximate surface area is 482 Å². The van der Waals surface area contributed by atoms with Gasteiger partial charge in [-0.3, -0.25) is 4.98 Å². The Morgan fingerprint density at radius 3 is 1.27 bits per heavy atom. The highest BCUT2D eigenvalue weighted by atomic mass is 15.2. The predicted molar refractivity (Wildman–Crippen MR) is 343 cm³/mol. The molecule has 4 aliphatic rings. The Morgan fingerprint density at radius 1 is 0.241 bits per heavy atom. The highest BCUT2D eigenvalue weighted by Gasteiger charge is 2.53. The lowest BCUT2D eigenvalue weighted by molar-refractivity contribution is 0.753. The van der Waals surface area contributed by atoms with Crippen LogP contribution >= 0.6 is 0 Å². The summed E-state index contributed by atoms with van der Waals surface area (Å²) in [6, 6.07) is 111. The molecule has 14 aromatic rings. The van der Waals surface area contributed by atoms with Gasteiger partial charge in [0, 0.05) is 23.0 Å². The molecule has 2 nitrogen and oxygen atoms in total. The van der Waals surface area contributed by atoms with Crippen LogP contribution in [0.1, 0.15) is 44.5 Å². The van der Waals surface area contributed by atoms with Crippen molar-refractivity contribution < 1.29 is 0 Å². The minimum absolute atomic E-state index is 0.423. The van der Waals surface area contributed by atoms with E-state index in [4.69, 9.17) is 4.98 Å². The van der Waals surface area contributed by atoms with Crippen molar-refractivity contribution in [3.05, 3.63) is 348 Å². The van der Waals surface area contributed by atoms with Crippen molar-refractivity contribution in [3.8, 4) is 78.0 Å². The quantitative estimate of drug-likeness (QED) is 0.160. The van der Waals surface area contributed by atoms with Gasteiger partial charge in [0.2, 0.25) is 0 Å². The van der Waals surface area contributed by atoms with Crippen LogP contribution in [0.5, 0.6) is 0 Å². The fourth-order valence-corrected chi connectivity index (χ4v) is 15.7. The van der Waals surface area contributed by atoms with E-state index < -0.39 is 10.8 Å². The summed E-state index contributed by atoms with van der Waals surface area (Å²) in [4.78, 5) is 7.87. The Morgan fingerprint density at radius 2 is 0.675 bits per heavy atom. The lowest BCUT2D eigenvalue weighted by Gasteiger charge is -2.45. The van der Waals surface area contributed by atoms with Gasteiger partial charge in [0.05, 0.1) is 27.9 Å². The second kappa shape index (κ2) is 17.4. The van der Waals surface area contributed by atoms with Crippen LogP contribution in [0.3, 0.4) is 0 Å². The number of aromatic nitrogens is 1. The Balaban J connectivity index is 0.818. The Hall–Kier alpha value is -10.7. The van der Waals surface area contributed by atoms with Crippen molar-refractivity contribution in [1.29, 1.82) is 0 Å². The van der Waals surface area contributed by atoms with Crippen LogP contribution in [-0.2, 0) is 10.8 Å². The fraction of sp³-hybridized carbons (Fsp3) is 0.0247. The summed E-state index contributed by atoms with van der Waals surface area (Å²) in [6.07, 6.45) is 2.11. The van der Waals surface area contributed by atoms with Gasteiger partial charge in [-0.1, -0.05) is 249 Å². The molecule has 2 heterocycles. The second-order valence-electron chi connectivity index (χ2n) is 22.8. The molecule has 3 aliphatic carbocycles. The first-order valence-corrected chi connectivity index (χ1v) is 28.9. The number of anilines is 3. The van der Waals surface area contributed by atoms with Gasteiger partial charge >= 0.3 is 0 Å². The highest BCUT2D eigenvalue weighted by molar-refractivity contribution is 6.22. The van der Waals surface area contributed by atoms with Crippen LogP contribution in [0.25, 0.3) is 99.6 Å². The van der Waals surface area contributed by atoms with Crippen molar-refractivity contribution in [2.45, 2.75) is 10.8 Å². The molecule has 0 radical (unpaired) electrons. The summed E-state index contributed by atoms with van der Waals surface area (Å²) in [6.45, 7) is 0. The minimum Gasteiger partial charge on any atom is -0.310 e. The molecule has 83 heavy (non-hydrogen) atoms. The zero-order valence-corrected chi connectivity index (χ0v) is 45.3. The van der Waals surface area contributed by atoms with Crippen molar-refractivity contribution in [2.24, 2.45) is 0 Å². The molecule has 18 rings (SSSR count). The summed E-state index contributed by atoms with van der Waals surface area (Å²) < 4.78 is 0. The largest absolute Gasteiger partial charge is 0.310 e. The third-order valence-corrected chi connectivity index (χ3v) is 18.9. The Kier molecular flexibility index (Phi) is 9.68. The van der Waals surface area contributed by atoms with Gasteiger partial charge in [0.1, 0.15) is 0 Å². The maximum atomic E-state index is 5.42. The lowest BCUT2D eigenvalue weighted by Crippen LogP contribution is -2.36. The number of fused-ring (bicyclic) bond motifs is 21. The van der Waals surface area contributed by atoms with Gasteiger partial charge in [-0.05, 0) is 176 Å². The normalized spacial score (nSPS) is 14.0. The number of rotatable bonds is 5. The predicted octanol–water partition coefficient (Wildman–Crippen LogP) is 20.5. The maximum Gasteiger partial charge on any atom is 0.0754 e. The molecule has 0 N–H and O–H groups in total. The van der Waals surface area contributed by atoms with E-state index in [1.54, 1.807) is 0 Å². The number of para-hydroxylation sites is 3. The van der Waals surface area contributed by atoms with Gasteiger partial charge in [-0.2, -0.15) is 0 Å². The van der Waals surface area contributed by atoms with E-state index in [-0.39, 0.29) is 0 Å². The monoisotopic (exact) mass is 1050 g/mol. The average molecular weight is 1050 g/mol. The summed E-state index contributed by atoms with van der Waals surface area (Å²) in [5.41, 5.74) is 29.9. The molecule has 1 aromatic heterocycles.